The Hall–Kier alpha value is -1.82. The highest BCUT2D eigenvalue weighted by atomic mass is 32.2. The van der Waals surface area contributed by atoms with Gasteiger partial charge in [-0.1, -0.05) is 23.6 Å². The van der Waals surface area contributed by atoms with Gasteiger partial charge in [-0.3, -0.25) is 4.79 Å². The van der Waals surface area contributed by atoms with Crippen molar-refractivity contribution in [3.63, 3.8) is 0 Å². The highest BCUT2D eigenvalue weighted by molar-refractivity contribution is 8.13. The molecule has 3 nitrogen and oxygen atoms in total. The van der Waals surface area contributed by atoms with Gasteiger partial charge in [-0.15, -0.1) is 0 Å². The minimum absolute atomic E-state index is 0.114. The van der Waals surface area contributed by atoms with Crippen molar-refractivity contribution in [3.05, 3.63) is 29.8 Å². The van der Waals surface area contributed by atoms with E-state index in [1.54, 1.807) is 31.2 Å². The van der Waals surface area contributed by atoms with Crippen molar-refractivity contribution in [1.29, 1.82) is 0 Å². The van der Waals surface area contributed by atoms with Gasteiger partial charge in [-0.25, -0.2) is 4.79 Å². The summed E-state index contributed by atoms with van der Waals surface area (Å²) >= 11 is 1.28. The molecule has 1 aromatic carbocycles. The van der Waals surface area contributed by atoms with Crippen LogP contribution in [0.25, 0.3) is 0 Å². The summed E-state index contributed by atoms with van der Waals surface area (Å²) in [7, 11) is 0. The Kier molecular flexibility index (Phi) is 5.81. The number of nitrogens with zero attached hydrogens (tertiary/aromatic N) is 1. The molecule has 86 valence electrons. The van der Waals surface area contributed by atoms with Crippen LogP contribution in [0.15, 0.2) is 29.3 Å². The minimum Gasteiger partial charge on any atom is -0.288 e. The Balaban J connectivity index is 2.49. The van der Waals surface area contributed by atoms with Crippen LogP contribution in [0.3, 0.4) is 0 Å². The van der Waals surface area contributed by atoms with Gasteiger partial charge in [0.25, 0.3) is 0 Å². The van der Waals surface area contributed by atoms with E-state index < -0.39 is 0 Å². The van der Waals surface area contributed by atoms with Crippen LogP contribution in [0.4, 0.5) is 5.69 Å². The molecule has 0 unspecified atom stereocenters. The van der Waals surface area contributed by atoms with Crippen LogP contribution in [0.1, 0.15) is 18.9 Å². The molecule has 0 heterocycles. The zero-order valence-electron chi connectivity index (χ0n) is 9.40. The first kappa shape index (κ1) is 13.2. The molecule has 0 aliphatic rings. The predicted molar refractivity (Wildman–Crippen MR) is 68.9 cm³/mol. The summed E-state index contributed by atoms with van der Waals surface area (Å²) in [6.07, 6.45) is 2.16. The second-order valence-electron chi connectivity index (χ2n) is 3.14. The number of carbonyl (C=O) groups is 1. The van der Waals surface area contributed by atoms with E-state index in [-0.39, 0.29) is 5.12 Å². The van der Waals surface area contributed by atoms with Crippen molar-refractivity contribution in [1.82, 2.24) is 0 Å². The molecule has 0 atom stereocenters. The van der Waals surface area contributed by atoms with E-state index in [9.17, 15) is 9.59 Å². The van der Waals surface area contributed by atoms with E-state index >= 15 is 0 Å². The smallest absolute Gasteiger partial charge is 0.240 e. The second kappa shape index (κ2) is 7.45. The van der Waals surface area contributed by atoms with Crippen LogP contribution in [-0.4, -0.2) is 16.9 Å². The van der Waals surface area contributed by atoms with Crippen LogP contribution in [0.5, 0.6) is 0 Å². The highest BCUT2D eigenvalue weighted by Crippen LogP contribution is 2.11. The van der Waals surface area contributed by atoms with Gasteiger partial charge in [0.15, 0.2) is 5.12 Å². The van der Waals surface area contributed by atoms with E-state index in [0.717, 1.165) is 11.3 Å². The molecule has 0 aliphatic carbocycles. The fraction of sp³-hybridized carbons (Fsp3) is 0.231. The monoisotopic (exact) mass is 245 g/mol. The molecule has 1 aromatic rings. The van der Waals surface area contributed by atoms with Gasteiger partial charge in [0, 0.05) is 24.7 Å². The highest BCUT2D eigenvalue weighted by Gasteiger charge is 1.91. The number of rotatable bonds is 3. The molecule has 17 heavy (non-hydrogen) atoms. The molecule has 0 radical (unpaired) electrons. The number of thioether (sulfide) groups is 1. The lowest BCUT2D eigenvalue weighted by molar-refractivity contribution is -0.109. The molecular formula is C13H11NO2S. The van der Waals surface area contributed by atoms with Gasteiger partial charge < -0.3 is 0 Å². The SMILES string of the molecule is CC(=O)SCCC#Cc1ccc(N=C=O)cc1. The summed E-state index contributed by atoms with van der Waals surface area (Å²) in [5.41, 5.74) is 1.43. The summed E-state index contributed by atoms with van der Waals surface area (Å²) in [5.74, 6) is 6.67. The zero-order chi connectivity index (χ0) is 12.5. The van der Waals surface area contributed by atoms with Crippen molar-refractivity contribution in [3.8, 4) is 11.8 Å². The maximum Gasteiger partial charge on any atom is 0.240 e. The Morgan fingerprint density at radius 1 is 1.35 bits per heavy atom. The number of carbonyl (C=O) groups excluding carboxylic acids is 2. The molecule has 1 rings (SSSR count). The van der Waals surface area contributed by atoms with Crippen LogP contribution < -0.4 is 0 Å². The zero-order valence-corrected chi connectivity index (χ0v) is 10.2. The lowest BCUT2D eigenvalue weighted by Crippen LogP contribution is -1.84. The van der Waals surface area contributed by atoms with Gasteiger partial charge in [-0.2, -0.15) is 4.99 Å². The van der Waals surface area contributed by atoms with Gasteiger partial charge in [-0.05, 0) is 24.3 Å². The number of isocyanates is 1. The largest absolute Gasteiger partial charge is 0.288 e. The molecule has 0 bridgehead atoms. The van der Waals surface area contributed by atoms with Gasteiger partial charge in [0.1, 0.15) is 0 Å². The van der Waals surface area contributed by atoms with E-state index in [4.69, 9.17) is 0 Å². The first-order valence-corrected chi connectivity index (χ1v) is 6.01. The van der Waals surface area contributed by atoms with Crippen molar-refractivity contribution in [2.24, 2.45) is 4.99 Å². The number of aliphatic imine (C=N–C) groups is 1. The molecule has 0 aromatic heterocycles. The summed E-state index contributed by atoms with van der Waals surface area (Å²) in [4.78, 5) is 24.1. The average molecular weight is 245 g/mol. The fourth-order valence-corrected chi connectivity index (χ4v) is 1.57. The van der Waals surface area contributed by atoms with E-state index in [2.05, 4.69) is 16.8 Å². The lowest BCUT2D eigenvalue weighted by atomic mass is 10.2. The van der Waals surface area contributed by atoms with Crippen LogP contribution in [0.2, 0.25) is 0 Å². The normalized spacial score (nSPS) is 8.76. The second-order valence-corrected chi connectivity index (χ2v) is 4.41. The average Bonchev–Trinajstić information content (AvgIpc) is 2.31. The Morgan fingerprint density at radius 3 is 2.65 bits per heavy atom. The third-order valence-corrected chi connectivity index (χ3v) is 2.62. The van der Waals surface area contributed by atoms with Crippen molar-refractivity contribution >= 4 is 28.6 Å². The van der Waals surface area contributed by atoms with E-state index in [1.165, 1.54) is 17.8 Å². The minimum atomic E-state index is 0.114. The van der Waals surface area contributed by atoms with Crippen molar-refractivity contribution in [2.75, 3.05) is 5.75 Å². The maximum absolute atomic E-state index is 10.6. The molecule has 0 spiro atoms. The number of hydrogen-bond donors (Lipinski definition) is 0. The molecule has 0 saturated carbocycles. The standard InChI is InChI=1S/C13H11NO2S/c1-11(16)17-9-3-2-4-12-5-7-13(8-6-12)14-10-15/h5-8H,3,9H2,1H3. The van der Waals surface area contributed by atoms with Crippen molar-refractivity contribution < 1.29 is 9.59 Å². The van der Waals surface area contributed by atoms with Gasteiger partial charge in [0.05, 0.1) is 5.69 Å². The molecule has 4 heteroatoms. The maximum atomic E-state index is 10.6. The third-order valence-electron chi connectivity index (χ3n) is 1.81. The fourth-order valence-electron chi connectivity index (χ4n) is 1.08. The molecule has 0 aliphatic heterocycles. The summed E-state index contributed by atoms with van der Waals surface area (Å²) in [6, 6.07) is 7.00. The quantitative estimate of drug-likeness (QED) is 0.356. The van der Waals surface area contributed by atoms with Crippen LogP contribution in [0, 0.1) is 11.8 Å². The topological polar surface area (TPSA) is 46.5 Å². The summed E-state index contributed by atoms with van der Waals surface area (Å²) in [6.45, 7) is 1.55. The Bertz CT molecular complexity index is 490. The first-order chi connectivity index (χ1) is 8.22. The molecule has 0 N–H and O–H groups in total. The first-order valence-electron chi connectivity index (χ1n) is 5.02. The Labute approximate surface area is 104 Å². The van der Waals surface area contributed by atoms with Gasteiger partial charge >= 0.3 is 0 Å². The number of hydrogen-bond acceptors (Lipinski definition) is 4. The predicted octanol–water partition coefficient (Wildman–Crippen LogP) is 2.68. The molecular weight excluding hydrogens is 234 g/mol. The lowest BCUT2D eigenvalue weighted by Gasteiger charge is -1.91. The van der Waals surface area contributed by atoms with Gasteiger partial charge in [0.2, 0.25) is 6.08 Å². The Morgan fingerprint density at radius 2 is 2.06 bits per heavy atom. The van der Waals surface area contributed by atoms with Crippen LogP contribution >= 0.6 is 11.8 Å². The van der Waals surface area contributed by atoms with Crippen LogP contribution in [-0.2, 0) is 9.59 Å². The molecule has 0 fully saturated rings. The summed E-state index contributed by atoms with van der Waals surface area (Å²) < 4.78 is 0. The molecule has 0 saturated heterocycles. The number of benzene rings is 1. The summed E-state index contributed by atoms with van der Waals surface area (Å²) in [5, 5.41) is 0.114. The van der Waals surface area contributed by atoms with Crippen molar-refractivity contribution in [2.45, 2.75) is 13.3 Å². The van der Waals surface area contributed by atoms with E-state index in [0.29, 0.717) is 12.1 Å². The molecule has 0 amide bonds. The van der Waals surface area contributed by atoms with E-state index in [1.807, 2.05) is 0 Å². The third kappa shape index (κ3) is 5.72.